The van der Waals surface area contributed by atoms with Gasteiger partial charge in [-0.1, -0.05) is 23.7 Å². The van der Waals surface area contributed by atoms with Crippen LogP contribution in [0, 0.1) is 5.82 Å². The molecule has 1 aliphatic rings. The van der Waals surface area contributed by atoms with E-state index in [4.69, 9.17) is 21.3 Å². The predicted molar refractivity (Wildman–Crippen MR) is 132 cm³/mol. The number of aromatic nitrogens is 2. The molecule has 2 heterocycles. The minimum Gasteiger partial charge on any atom is -0.494 e. The fourth-order valence-corrected chi connectivity index (χ4v) is 4.61. The van der Waals surface area contributed by atoms with Crippen LogP contribution in [0.4, 0.5) is 10.1 Å². The number of hydrogen-bond donors (Lipinski definition) is 0. The lowest BCUT2D eigenvalue weighted by Crippen LogP contribution is -2.24. The molecule has 1 saturated heterocycles. The summed E-state index contributed by atoms with van der Waals surface area (Å²) in [5, 5.41) is 0.690. The maximum absolute atomic E-state index is 13.3. The van der Waals surface area contributed by atoms with E-state index in [0.29, 0.717) is 24.6 Å². The van der Waals surface area contributed by atoms with Crippen LogP contribution in [-0.4, -0.2) is 28.6 Å². The van der Waals surface area contributed by atoms with Crippen molar-refractivity contribution in [1.29, 1.82) is 0 Å². The van der Waals surface area contributed by atoms with Crippen LogP contribution in [0.1, 0.15) is 31.0 Å². The van der Waals surface area contributed by atoms with Gasteiger partial charge in [-0.05, 0) is 73.5 Å². The van der Waals surface area contributed by atoms with Crippen molar-refractivity contribution in [1.82, 2.24) is 9.55 Å². The van der Waals surface area contributed by atoms with E-state index in [0.717, 1.165) is 47.7 Å². The summed E-state index contributed by atoms with van der Waals surface area (Å²) in [5.74, 6) is 1.44. The van der Waals surface area contributed by atoms with Gasteiger partial charge < -0.3 is 14.2 Å². The standard InChI is InChI=1S/C27H25ClFN3O2/c28-20-7-13-23(14-8-20)34-16-4-3-15-31-25-6-2-1-5-24(25)30-27(31)19-17-26(33)32(18-19)22-11-9-21(29)10-12-22/h1-2,5-14,19H,3-4,15-18H2. The molecule has 4 aromatic rings. The van der Waals surface area contributed by atoms with Crippen LogP contribution in [0.2, 0.25) is 5.02 Å². The highest BCUT2D eigenvalue weighted by atomic mass is 35.5. The summed E-state index contributed by atoms with van der Waals surface area (Å²) < 4.78 is 21.4. The number of ether oxygens (including phenoxy) is 1. The Balaban J connectivity index is 1.28. The molecule has 174 valence electrons. The lowest BCUT2D eigenvalue weighted by atomic mass is 10.1. The van der Waals surface area contributed by atoms with Crippen LogP contribution in [0.3, 0.4) is 0 Å². The van der Waals surface area contributed by atoms with Gasteiger partial charge in [0.1, 0.15) is 17.4 Å². The first-order valence-corrected chi connectivity index (χ1v) is 11.9. The topological polar surface area (TPSA) is 47.4 Å². The number of anilines is 1. The average Bonchev–Trinajstić information content (AvgIpc) is 3.41. The molecule has 0 saturated carbocycles. The molecule has 1 aliphatic heterocycles. The molecule has 0 radical (unpaired) electrons. The largest absolute Gasteiger partial charge is 0.494 e. The number of nitrogens with zero attached hydrogens (tertiary/aromatic N) is 3. The molecule has 1 atom stereocenters. The highest BCUT2D eigenvalue weighted by Crippen LogP contribution is 2.33. The molecule has 1 fully saturated rings. The third-order valence-electron chi connectivity index (χ3n) is 6.17. The van der Waals surface area contributed by atoms with Gasteiger partial charge in [-0.15, -0.1) is 0 Å². The van der Waals surface area contributed by atoms with Crippen LogP contribution in [-0.2, 0) is 11.3 Å². The normalized spacial score (nSPS) is 15.9. The molecule has 0 bridgehead atoms. The number of imidazole rings is 1. The van der Waals surface area contributed by atoms with E-state index in [1.165, 1.54) is 12.1 Å². The highest BCUT2D eigenvalue weighted by Gasteiger charge is 2.34. The van der Waals surface area contributed by atoms with E-state index < -0.39 is 0 Å². The second kappa shape index (κ2) is 9.85. The summed E-state index contributed by atoms with van der Waals surface area (Å²) in [5.41, 5.74) is 2.72. The average molecular weight is 478 g/mol. The number of halogens is 2. The first-order valence-electron chi connectivity index (χ1n) is 11.5. The van der Waals surface area contributed by atoms with Crippen molar-refractivity contribution in [3.05, 3.63) is 89.5 Å². The van der Waals surface area contributed by atoms with Gasteiger partial charge in [0, 0.05) is 36.1 Å². The van der Waals surface area contributed by atoms with Crippen molar-refractivity contribution in [3.8, 4) is 5.75 Å². The first-order chi connectivity index (χ1) is 16.6. The van der Waals surface area contributed by atoms with E-state index in [1.807, 2.05) is 42.5 Å². The van der Waals surface area contributed by atoms with Gasteiger partial charge in [0.2, 0.25) is 5.91 Å². The zero-order valence-corrected chi connectivity index (χ0v) is 19.4. The first kappa shape index (κ1) is 22.4. The molecule has 1 amide bonds. The Bertz CT molecular complexity index is 1290. The van der Waals surface area contributed by atoms with E-state index in [1.54, 1.807) is 17.0 Å². The molecule has 34 heavy (non-hydrogen) atoms. The Hall–Kier alpha value is -3.38. The Kier molecular flexibility index (Phi) is 6.50. The molecule has 0 N–H and O–H groups in total. The number of amides is 1. The van der Waals surface area contributed by atoms with Crippen molar-refractivity contribution < 1.29 is 13.9 Å². The molecule has 3 aromatic carbocycles. The lowest BCUT2D eigenvalue weighted by molar-refractivity contribution is -0.117. The van der Waals surface area contributed by atoms with Gasteiger partial charge >= 0.3 is 0 Å². The summed E-state index contributed by atoms with van der Waals surface area (Å²) in [6.45, 7) is 1.94. The smallest absolute Gasteiger partial charge is 0.227 e. The number of fused-ring (bicyclic) bond motifs is 1. The SMILES string of the molecule is O=C1CC(c2nc3ccccc3n2CCCCOc2ccc(Cl)cc2)CN1c1ccc(F)cc1. The van der Waals surface area contributed by atoms with E-state index in [9.17, 15) is 9.18 Å². The second-order valence-electron chi connectivity index (χ2n) is 8.50. The van der Waals surface area contributed by atoms with Crippen molar-refractivity contribution in [3.63, 3.8) is 0 Å². The molecular weight excluding hydrogens is 453 g/mol. The Morgan fingerprint density at radius 3 is 2.56 bits per heavy atom. The van der Waals surface area contributed by atoms with Gasteiger partial charge in [0.05, 0.1) is 17.6 Å². The molecule has 0 aliphatic carbocycles. The van der Waals surface area contributed by atoms with Crippen LogP contribution in [0.25, 0.3) is 11.0 Å². The van der Waals surface area contributed by atoms with Crippen LogP contribution in [0.5, 0.6) is 5.75 Å². The summed E-state index contributed by atoms with van der Waals surface area (Å²) in [6.07, 6.45) is 2.20. The quantitative estimate of drug-likeness (QED) is 0.283. The Labute approximate surface area is 202 Å². The van der Waals surface area contributed by atoms with E-state index >= 15 is 0 Å². The van der Waals surface area contributed by atoms with E-state index in [2.05, 4.69) is 10.6 Å². The van der Waals surface area contributed by atoms with Gasteiger partial charge in [-0.3, -0.25) is 4.79 Å². The van der Waals surface area contributed by atoms with Crippen molar-refractivity contribution in [2.45, 2.75) is 31.7 Å². The molecule has 5 rings (SSSR count). The summed E-state index contributed by atoms with van der Waals surface area (Å²) in [7, 11) is 0. The third-order valence-corrected chi connectivity index (χ3v) is 6.42. The van der Waals surface area contributed by atoms with Crippen LogP contribution in [0.15, 0.2) is 72.8 Å². The van der Waals surface area contributed by atoms with Crippen LogP contribution >= 0.6 is 11.6 Å². The summed E-state index contributed by atoms with van der Waals surface area (Å²) in [4.78, 5) is 19.4. The number of unbranched alkanes of at least 4 members (excludes halogenated alkanes) is 1. The number of carbonyl (C=O) groups is 1. The molecule has 7 heteroatoms. The Morgan fingerprint density at radius 2 is 1.76 bits per heavy atom. The minimum atomic E-state index is -0.311. The lowest BCUT2D eigenvalue weighted by Gasteiger charge is -2.17. The van der Waals surface area contributed by atoms with Gasteiger partial charge in [-0.2, -0.15) is 0 Å². The summed E-state index contributed by atoms with van der Waals surface area (Å²) in [6, 6.07) is 21.5. The van der Waals surface area contributed by atoms with Gasteiger partial charge in [0.15, 0.2) is 0 Å². The molecule has 1 aromatic heterocycles. The fraction of sp³-hybridized carbons (Fsp3) is 0.259. The number of carbonyl (C=O) groups excluding carboxylic acids is 1. The number of rotatable bonds is 8. The molecule has 0 spiro atoms. The predicted octanol–water partition coefficient (Wildman–Crippen LogP) is 6.21. The highest BCUT2D eigenvalue weighted by molar-refractivity contribution is 6.30. The fourth-order valence-electron chi connectivity index (χ4n) is 4.48. The molecule has 5 nitrogen and oxygen atoms in total. The summed E-state index contributed by atoms with van der Waals surface area (Å²) >= 11 is 5.92. The van der Waals surface area contributed by atoms with Gasteiger partial charge in [-0.25, -0.2) is 9.37 Å². The maximum Gasteiger partial charge on any atom is 0.227 e. The third kappa shape index (κ3) is 4.77. The van der Waals surface area contributed by atoms with Gasteiger partial charge in [0.25, 0.3) is 0 Å². The number of aryl methyl sites for hydroxylation is 1. The van der Waals surface area contributed by atoms with Crippen molar-refractivity contribution in [2.24, 2.45) is 0 Å². The molecular formula is C27H25ClFN3O2. The minimum absolute atomic E-state index is 0.0183. The number of hydrogen-bond acceptors (Lipinski definition) is 3. The second-order valence-corrected chi connectivity index (χ2v) is 8.94. The molecule has 1 unspecified atom stereocenters. The Morgan fingerprint density at radius 1 is 1.00 bits per heavy atom. The number of para-hydroxylation sites is 2. The number of benzene rings is 3. The van der Waals surface area contributed by atoms with Crippen molar-refractivity contribution in [2.75, 3.05) is 18.1 Å². The van der Waals surface area contributed by atoms with Crippen molar-refractivity contribution >= 4 is 34.2 Å². The monoisotopic (exact) mass is 477 g/mol. The zero-order chi connectivity index (χ0) is 23.5. The zero-order valence-electron chi connectivity index (χ0n) is 18.7. The van der Waals surface area contributed by atoms with E-state index in [-0.39, 0.29) is 17.6 Å². The maximum atomic E-state index is 13.3. The van der Waals surface area contributed by atoms with Crippen LogP contribution < -0.4 is 9.64 Å².